The van der Waals surface area contributed by atoms with Gasteiger partial charge >= 0.3 is 0 Å². The lowest BCUT2D eigenvalue weighted by Gasteiger charge is -2.29. The van der Waals surface area contributed by atoms with E-state index in [1.54, 1.807) is 29.2 Å². The van der Waals surface area contributed by atoms with E-state index in [1.807, 2.05) is 51.1 Å². The molecule has 0 saturated carbocycles. The molecule has 1 amide bonds. The number of benzene rings is 2. The Morgan fingerprint density at radius 2 is 1.59 bits per heavy atom. The van der Waals surface area contributed by atoms with E-state index >= 15 is 0 Å². The molecule has 2 rings (SSSR count). The van der Waals surface area contributed by atoms with Crippen molar-refractivity contribution in [2.24, 2.45) is 0 Å². The standard InChI is InChI=1S/C20H25BrN2O3S/c1-4-23(5-2)20(24)19(18(21)16-9-7-6-8-10-16)22-27(25,26)17-13-11-15(3)12-14-17/h6-14,18-19,22H,4-5H2,1-3H3/t18-,19-/m0/s1. The molecule has 0 spiro atoms. The summed E-state index contributed by atoms with van der Waals surface area (Å²) in [6.45, 7) is 6.65. The number of rotatable bonds is 8. The number of halogens is 1. The molecule has 2 atom stereocenters. The van der Waals surface area contributed by atoms with Gasteiger partial charge in [0.1, 0.15) is 6.04 Å². The Kier molecular flexibility index (Phi) is 7.59. The second-order valence-corrected chi connectivity index (χ2v) is 8.94. The Bertz CT molecular complexity index is 851. The lowest BCUT2D eigenvalue weighted by molar-refractivity contribution is -0.132. The van der Waals surface area contributed by atoms with Crippen LogP contribution in [-0.2, 0) is 14.8 Å². The van der Waals surface area contributed by atoms with Crippen LogP contribution in [0.2, 0.25) is 0 Å². The highest BCUT2D eigenvalue weighted by molar-refractivity contribution is 9.09. The first kappa shape index (κ1) is 21.6. The molecule has 0 aliphatic heterocycles. The second kappa shape index (κ2) is 9.48. The van der Waals surface area contributed by atoms with Crippen LogP contribution < -0.4 is 4.72 Å². The summed E-state index contributed by atoms with van der Waals surface area (Å²) in [4.78, 5) is 14.3. The van der Waals surface area contributed by atoms with Crippen molar-refractivity contribution in [3.05, 3.63) is 65.7 Å². The van der Waals surface area contributed by atoms with Crippen molar-refractivity contribution in [2.75, 3.05) is 13.1 Å². The average Bonchev–Trinajstić information content (AvgIpc) is 2.67. The Labute approximate surface area is 170 Å². The topological polar surface area (TPSA) is 66.5 Å². The number of carbonyl (C=O) groups excluding carboxylic acids is 1. The minimum absolute atomic E-state index is 0.137. The van der Waals surface area contributed by atoms with Gasteiger partial charge in [-0.3, -0.25) is 4.79 Å². The number of carbonyl (C=O) groups is 1. The minimum Gasteiger partial charge on any atom is -0.342 e. The Hall–Kier alpha value is -1.70. The van der Waals surface area contributed by atoms with E-state index in [-0.39, 0.29) is 10.8 Å². The van der Waals surface area contributed by atoms with Crippen LogP contribution in [0.3, 0.4) is 0 Å². The van der Waals surface area contributed by atoms with Gasteiger partial charge in [-0.05, 0) is 38.5 Å². The summed E-state index contributed by atoms with van der Waals surface area (Å²) in [6.07, 6.45) is 0. The fourth-order valence-corrected chi connectivity index (χ4v) is 4.79. The van der Waals surface area contributed by atoms with Crippen LogP contribution in [0.5, 0.6) is 0 Å². The fourth-order valence-electron chi connectivity index (χ4n) is 2.75. The van der Waals surface area contributed by atoms with Crippen LogP contribution in [-0.4, -0.2) is 38.4 Å². The average molecular weight is 453 g/mol. The van der Waals surface area contributed by atoms with E-state index in [0.717, 1.165) is 11.1 Å². The van der Waals surface area contributed by atoms with Crippen molar-refractivity contribution in [3.63, 3.8) is 0 Å². The number of nitrogens with one attached hydrogen (secondary N) is 1. The van der Waals surface area contributed by atoms with E-state index in [1.165, 1.54) is 0 Å². The number of aryl methyl sites for hydroxylation is 1. The van der Waals surface area contributed by atoms with Gasteiger partial charge in [0.2, 0.25) is 15.9 Å². The number of amides is 1. The number of nitrogens with zero attached hydrogens (tertiary/aromatic N) is 1. The molecule has 0 saturated heterocycles. The number of hydrogen-bond acceptors (Lipinski definition) is 3. The maximum Gasteiger partial charge on any atom is 0.242 e. The Morgan fingerprint density at radius 1 is 1.04 bits per heavy atom. The Morgan fingerprint density at radius 3 is 2.11 bits per heavy atom. The van der Waals surface area contributed by atoms with Gasteiger partial charge in [-0.1, -0.05) is 64.0 Å². The molecular formula is C20H25BrN2O3S. The van der Waals surface area contributed by atoms with Crippen LogP contribution in [0.25, 0.3) is 0 Å². The zero-order chi connectivity index (χ0) is 20.0. The van der Waals surface area contributed by atoms with E-state index in [9.17, 15) is 13.2 Å². The highest BCUT2D eigenvalue weighted by Crippen LogP contribution is 2.29. The molecule has 0 heterocycles. The van der Waals surface area contributed by atoms with Crippen LogP contribution in [0, 0.1) is 6.92 Å². The van der Waals surface area contributed by atoms with Crippen LogP contribution in [0.15, 0.2) is 59.5 Å². The van der Waals surface area contributed by atoms with Gasteiger partial charge in [-0.15, -0.1) is 0 Å². The summed E-state index contributed by atoms with van der Waals surface area (Å²) in [7, 11) is -3.85. The van der Waals surface area contributed by atoms with Crippen molar-refractivity contribution < 1.29 is 13.2 Å². The van der Waals surface area contributed by atoms with E-state index in [0.29, 0.717) is 13.1 Å². The number of likely N-dealkylation sites (N-methyl/N-ethyl adjacent to an activating group) is 1. The first-order chi connectivity index (χ1) is 12.8. The monoisotopic (exact) mass is 452 g/mol. The molecule has 0 fully saturated rings. The number of alkyl halides is 1. The minimum atomic E-state index is -3.85. The van der Waals surface area contributed by atoms with Crippen molar-refractivity contribution in [2.45, 2.75) is 36.5 Å². The lowest BCUT2D eigenvalue weighted by Crippen LogP contribution is -2.50. The third-order valence-electron chi connectivity index (χ3n) is 4.37. The maximum absolute atomic E-state index is 13.1. The molecule has 0 aliphatic carbocycles. The molecule has 1 N–H and O–H groups in total. The van der Waals surface area contributed by atoms with Gasteiger partial charge in [0.15, 0.2) is 0 Å². The van der Waals surface area contributed by atoms with Gasteiger partial charge in [0.25, 0.3) is 0 Å². The first-order valence-electron chi connectivity index (χ1n) is 8.87. The van der Waals surface area contributed by atoms with Gasteiger partial charge < -0.3 is 4.90 Å². The summed E-state index contributed by atoms with van der Waals surface area (Å²) < 4.78 is 28.4. The van der Waals surface area contributed by atoms with Crippen molar-refractivity contribution in [1.29, 1.82) is 0 Å². The normalized spacial score (nSPS) is 13.8. The SMILES string of the molecule is CCN(CC)C(=O)[C@@H](NS(=O)(=O)c1ccc(C)cc1)[C@@H](Br)c1ccccc1. The molecule has 2 aromatic carbocycles. The van der Waals surface area contributed by atoms with Crippen LogP contribution in [0.4, 0.5) is 0 Å². The van der Waals surface area contributed by atoms with Crippen molar-refractivity contribution in [1.82, 2.24) is 9.62 Å². The van der Waals surface area contributed by atoms with Gasteiger partial charge in [-0.25, -0.2) is 8.42 Å². The highest BCUT2D eigenvalue weighted by Gasteiger charge is 2.34. The largest absolute Gasteiger partial charge is 0.342 e. The molecule has 7 heteroatoms. The van der Waals surface area contributed by atoms with Gasteiger partial charge in [0.05, 0.1) is 9.72 Å². The van der Waals surface area contributed by atoms with Crippen molar-refractivity contribution in [3.8, 4) is 0 Å². The van der Waals surface area contributed by atoms with Crippen LogP contribution >= 0.6 is 15.9 Å². The highest BCUT2D eigenvalue weighted by atomic mass is 79.9. The lowest BCUT2D eigenvalue weighted by atomic mass is 10.1. The third kappa shape index (κ3) is 5.40. The summed E-state index contributed by atoms with van der Waals surface area (Å²) >= 11 is 3.54. The van der Waals surface area contributed by atoms with E-state index in [2.05, 4.69) is 20.7 Å². The molecule has 0 aromatic heterocycles. The van der Waals surface area contributed by atoms with Gasteiger partial charge in [-0.2, -0.15) is 4.72 Å². The number of hydrogen-bond donors (Lipinski definition) is 1. The predicted octanol–water partition coefficient (Wildman–Crippen LogP) is 3.65. The third-order valence-corrected chi connectivity index (χ3v) is 6.88. The molecule has 5 nitrogen and oxygen atoms in total. The van der Waals surface area contributed by atoms with Crippen LogP contribution in [0.1, 0.15) is 29.8 Å². The molecule has 146 valence electrons. The number of sulfonamides is 1. The smallest absolute Gasteiger partial charge is 0.242 e. The summed E-state index contributed by atoms with van der Waals surface area (Å²) in [5, 5.41) is 0. The second-order valence-electron chi connectivity index (χ2n) is 6.23. The van der Waals surface area contributed by atoms with E-state index in [4.69, 9.17) is 0 Å². The van der Waals surface area contributed by atoms with Crippen molar-refractivity contribution >= 4 is 31.9 Å². The predicted molar refractivity (Wildman–Crippen MR) is 111 cm³/mol. The van der Waals surface area contributed by atoms with E-state index < -0.39 is 20.9 Å². The first-order valence-corrected chi connectivity index (χ1v) is 11.3. The quantitative estimate of drug-likeness (QED) is 0.621. The molecule has 0 unspecified atom stereocenters. The molecule has 27 heavy (non-hydrogen) atoms. The fraction of sp³-hybridized carbons (Fsp3) is 0.350. The zero-order valence-corrected chi connectivity index (χ0v) is 18.1. The van der Waals surface area contributed by atoms with Gasteiger partial charge in [0, 0.05) is 13.1 Å². The molecule has 0 bridgehead atoms. The molecular weight excluding hydrogens is 428 g/mol. The molecule has 0 aliphatic rings. The maximum atomic E-state index is 13.1. The summed E-state index contributed by atoms with van der Waals surface area (Å²) in [5.41, 5.74) is 1.79. The summed E-state index contributed by atoms with van der Waals surface area (Å²) in [6, 6.07) is 14.9. The molecule has 0 radical (unpaired) electrons. The molecule has 2 aromatic rings. The Balaban J connectivity index is 2.39. The zero-order valence-electron chi connectivity index (χ0n) is 15.7. The summed E-state index contributed by atoms with van der Waals surface area (Å²) in [5.74, 6) is -0.263.